The third-order valence-electron chi connectivity index (χ3n) is 4.29. The number of nitrogens with two attached hydrogens (primary N) is 1. The summed E-state index contributed by atoms with van der Waals surface area (Å²) in [5.41, 5.74) is 5.75. The van der Waals surface area contributed by atoms with E-state index in [2.05, 4.69) is 0 Å². The van der Waals surface area contributed by atoms with Crippen molar-refractivity contribution < 1.29 is 13.2 Å². The summed E-state index contributed by atoms with van der Waals surface area (Å²) in [7, 11) is -1.54. The molecular weight excluding hydrogens is 326 g/mol. The SMILES string of the molecule is CCS(=O)(=O)N(C)C1CCN(C(=O)[C@@H](N)C(C)(C)C)CC1.Cl. The third kappa shape index (κ3) is 5.08. The highest BCUT2D eigenvalue weighted by molar-refractivity contribution is 7.89. The van der Waals surface area contributed by atoms with Gasteiger partial charge in [-0.25, -0.2) is 12.7 Å². The first-order chi connectivity index (χ1) is 9.50. The number of likely N-dealkylation sites (tertiary alicyclic amines) is 1. The summed E-state index contributed by atoms with van der Waals surface area (Å²) in [5, 5.41) is 0. The van der Waals surface area contributed by atoms with Gasteiger partial charge in [-0.15, -0.1) is 12.4 Å². The fourth-order valence-electron chi connectivity index (χ4n) is 2.45. The van der Waals surface area contributed by atoms with Crippen LogP contribution in [0.3, 0.4) is 0 Å². The van der Waals surface area contributed by atoms with Crippen LogP contribution in [0.15, 0.2) is 0 Å². The maximum atomic E-state index is 12.3. The maximum absolute atomic E-state index is 12.3. The smallest absolute Gasteiger partial charge is 0.240 e. The Morgan fingerprint density at radius 3 is 2.14 bits per heavy atom. The zero-order valence-corrected chi connectivity index (χ0v) is 15.8. The van der Waals surface area contributed by atoms with Gasteiger partial charge in [0.25, 0.3) is 0 Å². The minimum absolute atomic E-state index is 0. The van der Waals surface area contributed by atoms with Gasteiger partial charge in [-0.1, -0.05) is 20.8 Å². The van der Waals surface area contributed by atoms with E-state index in [-0.39, 0.29) is 35.5 Å². The van der Waals surface area contributed by atoms with E-state index in [1.54, 1.807) is 18.9 Å². The van der Waals surface area contributed by atoms with E-state index in [1.165, 1.54) is 4.31 Å². The summed E-state index contributed by atoms with van der Waals surface area (Å²) in [6.45, 7) is 8.62. The summed E-state index contributed by atoms with van der Waals surface area (Å²) in [6, 6.07) is -0.545. The van der Waals surface area contributed by atoms with Crippen LogP contribution >= 0.6 is 12.4 Å². The Morgan fingerprint density at radius 1 is 1.32 bits per heavy atom. The molecule has 1 rings (SSSR count). The summed E-state index contributed by atoms with van der Waals surface area (Å²) in [5.74, 6) is 0.0688. The van der Waals surface area contributed by atoms with Crippen LogP contribution in [0.2, 0.25) is 0 Å². The molecule has 0 saturated carbocycles. The lowest BCUT2D eigenvalue weighted by Gasteiger charge is -2.38. The first-order valence-corrected chi connectivity index (χ1v) is 9.11. The molecule has 0 aromatic rings. The average Bonchev–Trinajstić information content (AvgIpc) is 2.44. The normalized spacial score (nSPS) is 19.0. The van der Waals surface area contributed by atoms with Crippen LogP contribution in [0.1, 0.15) is 40.5 Å². The van der Waals surface area contributed by atoms with E-state index < -0.39 is 16.1 Å². The fraction of sp³-hybridized carbons (Fsp3) is 0.929. The van der Waals surface area contributed by atoms with Gasteiger partial charge in [-0.2, -0.15) is 0 Å². The summed E-state index contributed by atoms with van der Waals surface area (Å²) in [6.07, 6.45) is 1.33. The van der Waals surface area contributed by atoms with Gasteiger partial charge in [0.15, 0.2) is 0 Å². The summed E-state index contributed by atoms with van der Waals surface area (Å²) >= 11 is 0. The van der Waals surface area contributed by atoms with Crippen LogP contribution in [0.4, 0.5) is 0 Å². The van der Waals surface area contributed by atoms with Crippen LogP contribution in [0.5, 0.6) is 0 Å². The molecule has 22 heavy (non-hydrogen) atoms. The molecule has 1 heterocycles. The predicted molar refractivity (Wildman–Crippen MR) is 91.5 cm³/mol. The number of hydrogen-bond acceptors (Lipinski definition) is 4. The lowest BCUT2D eigenvalue weighted by Crippen LogP contribution is -2.54. The highest BCUT2D eigenvalue weighted by Crippen LogP contribution is 2.23. The van der Waals surface area contributed by atoms with Crippen LogP contribution in [0.25, 0.3) is 0 Å². The molecule has 0 aromatic carbocycles. The van der Waals surface area contributed by atoms with Gasteiger partial charge in [0.2, 0.25) is 15.9 Å². The third-order valence-corrected chi connectivity index (χ3v) is 6.20. The summed E-state index contributed by atoms with van der Waals surface area (Å²) in [4.78, 5) is 14.1. The van der Waals surface area contributed by atoms with Gasteiger partial charge in [-0.05, 0) is 25.2 Å². The van der Waals surface area contributed by atoms with Crippen LogP contribution in [-0.2, 0) is 14.8 Å². The zero-order chi connectivity index (χ0) is 16.4. The van der Waals surface area contributed by atoms with Crippen molar-refractivity contribution in [3.8, 4) is 0 Å². The second-order valence-electron chi connectivity index (χ2n) is 6.82. The lowest BCUT2D eigenvalue weighted by molar-refractivity contribution is -0.136. The number of rotatable bonds is 4. The van der Waals surface area contributed by atoms with Crippen molar-refractivity contribution in [3.63, 3.8) is 0 Å². The lowest BCUT2D eigenvalue weighted by atomic mass is 9.86. The van der Waals surface area contributed by atoms with E-state index in [0.717, 1.165) is 0 Å². The first kappa shape index (κ1) is 21.6. The van der Waals surface area contributed by atoms with E-state index in [9.17, 15) is 13.2 Å². The van der Waals surface area contributed by atoms with Crippen molar-refractivity contribution in [2.75, 3.05) is 25.9 Å². The van der Waals surface area contributed by atoms with Crippen molar-refractivity contribution in [1.29, 1.82) is 0 Å². The number of amides is 1. The molecule has 1 aliphatic rings. The Labute approximate surface area is 140 Å². The van der Waals surface area contributed by atoms with E-state index >= 15 is 0 Å². The molecule has 1 fully saturated rings. The molecule has 2 N–H and O–H groups in total. The van der Waals surface area contributed by atoms with Crippen LogP contribution in [-0.4, -0.2) is 61.5 Å². The van der Waals surface area contributed by atoms with Crippen LogP contribution < -0.4 is 5.73 Å². The predicted octanol–water partition coefficient (Wildman–Crippen LogP) is 1.05. The highest BCUT2D eigenvalue weighted by atomic mass is 35.5. The number of carbonyl (C=O) groups is 1. The van der Waals surface area contributed by atoms with E-state index in [0.29, 0.717) is 25.9 Å². The molecular formula is C14H30ClN3O3S. The molecule has 0 aromatic heterocycles. The van der Waals surface area contributed by atoms with Gasteiger partial charge in [0.05, 0.1) is 11.8 Å². The van der Waals surface area contributed by atoms with Crippen molar-refractivity contribution in [2.24, 2.45) is 11.1 Å². The number of hydrogen-bond donors (Lipinski definition) is 1. The fourth-order valence-corrected chi connectivity index (χ4v) is 3.52. The largest absolute Gasteiger partial charge is 0.341 e. The van der Waals surface area contributed by atoms with E-state index in [1.807, 2.05) is 20.8 Å². The van der Waals surface area contributed by atoms with Gasteiger partial charge < -0.3 is 10.6 Å². The topological polar surface area (TPSA) is 83.7 Å². The zero-order valence-electron chi connectivity index (χ0n) is 14.2. The number of carbonyl (C=O) groups excluding carboxylic acids is 1. The van der Waals surface area contributed by atoms with Crippen molar-refractivity contribution in [1.82, 2.24) is 9.21 Å². The first-order valence-electron chi connectivity index (χ1n) is 7.50. The molecule has 1 amide bonds. The standard InChI is InChI=1S/C14H29N3O3S.ClH/c1-6-21(19,20)16(5)11-7-9-17(10-8-11)13(18)12(15)14(2,3)4;/h11-12H,6-10,15H2,1-5H3;1H/t12-;/m1./s1. The van der Waals surface area contributed by atoms with Gasteiger partial charge in [0, 0.05) is 26.2 Å². The molecule has 0 bridgehead atoms. The Morgan fingerprint density at radius 2 is 1.77 bits per heavy atom. The quantitative estimate of drug-likeness (QED) is 0.817. The van der Waals surface area contributed by atoms with Crippen LogP contribution in [0, 0.1) is 5.41 Å². The summed E-state index contributed by atoms with van der Waals surface area (Å²) < 4.78 is 25.2. The molecule has 6 nitrogen and oxygen atoms in total. The van der Waals surface area contributed by atoms with E-state index in [4.69, 9.17) is 5.73 Å². The molecule has 1 aliphatic heterocycles. The minimum atomic E-state index is -3.17. The Kier molecular flexibility index (Phi) is 7.81. The molecule has 8 heteroatoms. The second-order valence-corrected chi connectivity index (χ2v) is 9.13. The Bertz CT molecular complexity index is 468. The molecule has 0 aliphatic carbocycles. The maximum Gasteiger partial charge on any atom is 0.240 e. The molecule has 1 atom stereocenters. The minimum Gasteiger partial charge on any atom is -0.341 e. The monoisotopic (exact) mass is 355 g/mol. The van der Waals surface area contributed by atoms with Crippen molar-refractivity contribution in [3.05, 3.63) is 0 Å². The number of piperidine rings is 1. The number of halogens is 1. The molecule has 132 valence electrons. The average molecular weight is 356 g/mol. The van der Waals surface area contributed by atoms with Crippen molar-refractivity contribution in [2.45, 2.75) is 52.6 Å². The van der Waals surface area contributed by atoms with Crippen molar-refractivity contribution >= 4 is 28.3 Å². The highest BCUT2D eigenvalue weighted by Gasteiger charge is 2.35. The van der Waals surface area contributed by atoms with Gasteiger partial charge in [0.1, 0.15) is 0 Å². The van der Waals surface area contributed by atoms with Gasteiger partial charge in [-0.3, -0.25) is 4.79 Å². The van der Waals surface area contributed by atoms with Gasteiger partial charge >= 0.3 is 0 Å². The molecule has 0 unspecified atom stereocenters. The number of nitrogens with zero attached hydrogens (tertiary/aromatic N) is 2. The molecule has 0 spiro atoms. The number of sulfonamides is 1. The Balaban J connectivity index is 0.00000441. The second kappa shape index (κ2) is 7.95. The molecule has 0 radical (unpaired) electrons. The Hall–Kier alpha value is -0.370. The molecule has 1 saturated heterocycles.